The topological polar surface area (TPSA) is 86.1 Å². The van der Waals surface area contributed by atoms with Gasteiger partial charge in [0.15, 0.2) is 36.3 Å². The zero-order valence-electron chi connectivity index (χ0n) is 13.4. The van der Waals surface area contributed by atoms with Crippen molar-refractivity contribution in [1.29, 1.82) is 0 Å². The van der Waals surface area contributed by atoms with Crippen molar-refractivity contribution in [3.63, 3.8) is 0 Å². The van der Waals surface area contributed by atoms with Crippen LogP contribution in [0.3, 0.4) is 0 Å². The van der Waals surface area contributed by atoms with Crippen LogP contribution in [0.2, 0.25) is 0 Å². The van der Waals surface area contributed by atoms with Gasteiger partial charge >= 0.3 is 0 Å². The Morgan fingerprint density at radius 3 is 1.48 bits per heavy atom. The SMILES string of the molecule is O/N=C/c1cc[n+](Cc2ccc(C[n+]3ccc(/C=N/O)cc3)o2)cc1. The van der Waals surface area contributed by atoms with Gasteiger partial charge in [0.25, 0.3) is 0 Å². The van der Waals surface area contributed by atoms with E-state index in [-0.39, 0.29) is 0 Å². The lowest BCUT2D eigenvalue weighted by atomic mass is 10.3. The van der Waals surface area contributed by atoms with Crippen molar-refractivity contribution in [1.82, 2.24) is 0 Å². The highest BCUT2D eigenvalue weighted by Gasteiger charge is 2.11. The van der Waals surface area contributed by atoms with E-state index in [1.54, 1.807) is 0 Å². The quantitative estimate of drug-likeness (QED) is 0.310. The lowest BCUT2D eigenvalue weighted by Gasteiger charge is -1.96. The average Bonchev–Trinajstić information content (AvgIpc) is 3.06. The van der Waals surface area contributed by atoms with E-state index in [4.69, 9.17) is 14.8 Å². The summed E-state index contributed by atoms with van der Waals surface area (Å²) in [6, 6.07) is 11.3. The summed E-state index contributed by atoms with van der Waals surface area (Å²) in [5.41, 5.74) is 1.65. The molecule has 0 spiro atoms. The summed E-state index contributed by atoms with van der Waals surface area (Å²) in [5, 5.41) is 23.0. The molecule has 0 amide bonds. The van der Waals surface area contributed by atoms with Crippen LogP contribution in [0.25, 0.3) is 0 Å². The molecule has 0 unspecified atom stereocenters. The molecule has 0 aliphatic carbocycles. The Balaban J connectivity index is 1.63. The van der Waals surface area contributed by atoms with Gasteiger partial charge in [-0.05, 0) is 12.1 Å². The van der Waals surface area contributed by atoms with Crippen LogP contribution in [-0.4, -0.2) is 22.8 Å². The largest absolute Gasteiger partial charge is 0.453 e. The third-order valence-corrected chi connectivity index (χ3v) is 3.64. The number of aromatic nitrogens is 2. The van der Waals surface area contributed by atoms with Crippen LogP contribution in [0.5, 0.6) is 0 Å². The van der Waals surface area contributed by atoms with Gasteiger partial charge in [-0.2, -0.15) is 9.13 Å². The highest BCUT2D eigenvalue weighted by Crippen LogP contribution is 2.07. The third kappa shape index (κ3) is 4.51. The summed E-state index contributed by atoms with van der Waals surface area (Å²) in [6.45, 7) is 1.24. The first-order chi connectivity index (χ1) is 12.3. The summed E-state index contributed by atoms with van der Waals surface area (Å²) in [4.78, 5) is 0. The average molecular weight is 338 g/mol. The van der Waals surface area contributed by atoms with Crippen molar-refractivity contribution in [3.05, 3.63) is 83.8 Å². The van der Waals surface area contributed by atoms with Gasteiger partial charge in [0.1, 0.15) is 0 Å². The van der Waals surface area contributed by atoms with E-state index in [0.29, 0.717) is 13.1 Å². The molecule has 7 nitrogen and oxygen atoms in total. The molecular formula is C18H18N4O3+2. The predicted octanol–water partition coefficient (Wildman–Crippen LogP) is 1.57. The second-order valence-electron chi connectivity index (χ2n) is 5.46. The van der Waals surface area contributed by atoms with E-state index in [9.17, 15) is 0 Å². The molecule has 3 aromatic rings. The fourth-order valence-corrected chi connectivity index (χ4v) is 2.41. The Kier molecular flexibility index (Phi) is 5.16. The molecule has 3 rings (SSSR count). The van der Waals surface area contributed by atoms with E-state index in [1.165, 1.54) is 12.4 Å². The second-order valence-corrected chi connectivity index (χ2v) is 5.46. The lowest BCUT2D eigenvalue weighted by Crippen LogP contribution is -2.33. The van der Waals surface area contributed by atoms with Crippen molar-refractivity contribution >= 4 is 12.4 Å². The first kappa shape index (κ1) is 16.4. The highest BCUT2D eigenvalue weighted by atomic mass is 16.4. The molecule has 0 bridgehead atoms. The number of nitrogens with zero attached hydrogens (tertiary/aromatic N) is 4. The van der Waals surface area contributed by atoms with Crippen LogP contribution in [0.15, 0.2) is 75.9 Å². The van der Waals surface area contributed by atoms with Crippen molar-refractivity contribution < 1.29 is 24.0 Å². The molecule has 126 valence electrons. The molecular weight excluding hydrogens is 320 g/mol. The Hall–Kier alpha value is -3.48. The van der Waals surface area contributed by atoms with E-state index < -0.39 is 0 Å². The normalized spacial score (nSPS) is 11.5. The Morgan fingerprint density at radius 2 is 1.12 bits per heavy atom. The zero-order chi connectivity index (χ0) is 17.5. The summed E-state index contributed by atoms with van der Waals surface area (Å²) < 4.78 is 9.83. The molecule has 7 heteroatoms. The fraction of sp³-hybridized carbons (Fsp3) is 0.111. The minimum Gasteiger partial charge on any atom is -0.453 e. The highest BCUT2D eigenvalue weighted by molar-refractivity contribution is 5.78. The number of hydrogen-bond donors (Lipinski definition) is 2. The summed E-state index contributed by atoms with van der Waals surface area (Å²) in [6.07, 6.45) is 10.4. The van der Waals surface area contributed by atoms with Crippen LogP contribution in [-0.2, 0) is 13.1 Å². The van der Waals surface area contributed by atoms with Crippen molar-refractivity contribution in [2.24, 2.45) is 10.3 Å². The Morgan fingerprint density at radius 1 is 0.720 bits per heavy atom. The maximum Gasteiger partial charge on any atom is 0.205 e. The van der Waals surface area contributed by atoms with E-state index in [0.717, 1.165) is 22.6 Å². The van der Waals surface area contributed by atoms with Gasteiger partial charge in [-0.1, -0.05) is 10.3 Å². The Labute approximate surface area is 144 Å². The number of hydrogen-bond acceptors (Lipinski definition) is 5. The molecule has 0 saturated carbocycles. The second kappa shape index (κ2) is 7.87. The smallest absolute Gasteiger partial charge is 0.205 e. The molecule has 0 radical (unpaired) electrons. The van der Waals surface area contributed by atoms with Crippen molar-refractivity contribution in [2.75, 3.05) is 0 Å². The number of pyridine rings is 2. The standard InChI is InChI=1S/C18H16N4O3/c23-19-11-15-3-7-21(8-4-15)13-17-1-2-18(25-17)14-22-9-5-16(6-10-22)12-20-24/h1-12H,13-14H2/p+2. The molecule has 0 atom stereocenters. The van der Waals surface area contributed by atoms with Gasteiger partial charge in [0, 0.05) is 35.4 Å². The first-order valence-electron chi connectivity index (χ1n) is 7.67. The molecule has 3 heterocycles. The van der Waals surface area contributed by atoms with Crippen LogP contribution < -0.4 is 9.13 Å². The minimum atomic E-state index is 0.618. The summed E-state index contributed by atoms with van der Waals surface area (Å²) in [7, 11) is 0. The van der Waals surface area contributed by atoms with Crippen LogP contribution in [0.1, 0.15) is 22.6 Å². The van der Waals surface area contributed by atoms with E-state index in [2.05, 4.69) is 10.3 Å². The van der Waals surface area contributed by atoms with Crippen LogP contribution >= 0.6 is 0 Å². The third-order valence-electron chi connectivity index (χ3n) is 3.64. The zero-order valence-corrected chi connectivity index (χ0v) is 13.4. The van der Waals surface area contributed by atoms with E-state index >= 15 is 0 Å². The molecule has 0 saturated heterocycles. The van der Waals surface area contributed by atoms with Gasteiger partial charge in [0.2, 0.25) is 13.1 Å². The van der Waals surface area contributed by atoms with Gasteiger partial charge in [-0.3, -0.25) is 0 Å². The maximum absolute atomic E-state index is 8.52. The van der Waals surface area contributed by atoms with Gasteiger partial charge < -0.3 is 14.8 Å². The predicted molar refractivity (Wildman–Crippen MR) is 88.9 cm³/mol. The molecule has 25 heavy (non-hydrogen) atoms. The maximum atomic E-state index is 8.52. The molecule has 0 aromatic carbocycles. The van der Waals surface area contributed by atoms with E-state index in [1.807, 2.05) is 70.3 Å². The van der Waals surface area contributed by atoms with Crippen molar-refractivity contribution in [3.8, 4) is 0 Å². The summed E-state index contributed by atoms with van der Waals surface area (Å²) >= 11 is 0. The Bertz CT molecular complexity index is 796. The molecule has 3 aromatic heterocycles. The molecule has 0 aliphatic rings. The van der Waals surface area contributed by atoms with Gasteiger partial charge in [-0.15, -0.1) is 0 Å². The minimum absolute atomic E-state index is 0.618. The molecule has 2 N–H and O–H groups in total. The monoisotopic (exact) mass is 338 g/mol. The lowest BCUT2D eigenvalue weighted by molar-refractivity contribution is -0.692. The van der Waals surface area contributed by atoms with Crippen molar-refractivity contribution in [2.45, 2.75) is 13.1 Å². The van der Waals surface area contributed by atoms with Crippen LogP contribution in [0, 0.1) is 0 Å². The van der Waals surface area contributed by atoms with Crippen LogP contribution in [0.4, 0.5) is 0 Å². The number of oxime groups is 2. The fourth-order valence-electron chi connectivity index (χ4n) is 2.41. The van der Waals surface area contributed by atoms with Gasteiger partial charge in [-0.25, -0.2) is 0 Å². The molecule has 0 fully saturated rings. The van der Waals surface area contributed by atoms with Gasteiger partial charge in [0.05, 0.1) is 12.4 Å². The summed E-state index contributed by atoms with van der Waals surface area (Å²) in [5.74, 6) is 1.71. The first-order valence-corrected chi connectivity index (χ1v) is 7.67. The number of furan rings is 1. The number of rotatable bonds is 6. The molecule has 0 aliphatic heterocycles.